The fourth-order valence-electron chi connectivity index (χ4n) is 5.38. The van der Waals surface area contributed by atoms with E-state index in [1.54, 1.807) is 14.2 Å². The normalized spacial score (nSPS) is 18.1. The van der Waals surface area contributed by atoms with E-state index in [1.165, 1.54) is 10.5 Å². The summed E-state index contributed by atoms with van der Waals surface area (Å²) in [5, 5.41) is 0. The predicted octanol–water partition coefficient (Wildman–Crippen LogP) is 4.20. The van der Waals surface area contributed by atoms with Crippen molar-refractivity contribution in [3.63, 3.8) is 0 Å². The van der Waals surface area contributed by atoms with Gasteiger partial charge < -0.3 is 14.4 Å². The summed E-state index contributed by atoms with van der Waals surface area (Å²) in [7, 11) is 3.33. The van der Waals surface area contributed by atoms with E-state index in [1.807, 2.05) is 55.1 Å². The number of hydrogen-bond acceptors (Lipinski definition) is 5. The summed E-state index contributed by atoms with van der Waals surface area (Å²) in [5.74, 6) is 1.79. The molecule has 0 radical (unpaired) electrons. The minimum atomic E-state index is -0.762. The maximum atomic E-state index is 13.7. The smallest absolute Gasteiger partial charge is 0.327 e. The molecule has 0 atom stereocenters. The van der Waals surface area contributed by atoms with Crippen LogP contribution in [0.25, 0.3) is 0 Å². The summed E-state index contributed by atoms with van der Waals surface area (Å²) in [6.07, 6.45) is 1.98. The van der Waals surface area contributed by atoms with Crippen LogP contribution in [0.2, 0.25) is 0 Å². The van der Waals surface area contributed by atoms with Crippen LogP contribution in [0.15, 0.2) is 48.5 Å². The molecule has 2 aromatic rings. The van der Waals surface area contributed by atoms with Gasteiger partial charge in [-0.15, -0.1) is 0 Å². The highest BCUT2D eigenvalue weighted by atomic mass is 16.5. The number of urea groups is 1. The first-order valence-corrected chi connectivity index (χ1v) is 12.5. The molecular weight excluding hydrogens is 442 g/mol. The summed E-state index contributed by atoms with van der Waals surface area (Å²) in [6, 6.07) is 15.8. The number of amides is 3. The molecule has 2 saturated heterocycles. The van der Waals surface area contributed by atoms with Crippen molar-refractivity contribution >= 4 is 11.9 Å². The lowest BCUT2D eigenvalue weighted by Crippen LogP contribution is -2.56. The van der Waals surface area contributed by atoms with Gasteiger partial charge in [-0.3, -0.25) is 14.6 Å². The van der Waals surface area contributed by atoms with E-state index in [2.05, 4.69) is 17.0 Å². The molecule has 0 bridgehead atoms. The highest BCUT2D eigenvalue weighted by Gasteiger charge is 2.57. The van der Waals surface area contributed by atoms with Gasteiger partial charge in [-0.1, -0.05) is 50.2 Å². The summed E-state index contributed by atoms with van der Waals surface area (Å²) >= 11 is 0. The number of carbonyl (C=O) groups excluding carboxylic acids is 2. The number of methoxy groups -OCH3 is 2. The van der Waals surface area contributed by atoms with Gasteiger partial charge in [0.05, 0.1) is 19.8 Å². The Morgan fingerprint density at radius 2 is 1.54 bits per heavy atom. The van der Waals surface area contributed by atoms with Crippen LogP contribution in [0.1, 0.15) is 37.8 Å². The lowest BCUT2D eigenvalue weighted by molar-refractivity contribution is -0.136. The Bertz CT molecular complexity index is 1010. The molecule has 2 aliphatic heterocycles. The second-order valence-corrected chi connectivity index (χ2v) is 9.93. The predicted molar refractivity (Wildman–Crippen MR) is 136 cm³/mol. The molecule has 7 heteroatoms. The topological polar surface area (TPSA) is 62.3 Å². The Morgan fingerprint density at radius 3 is 2.11 bits per heavy atom. The molecule has 1 spiro atoms. The monoisotopic (exact) mass is 479 g/mol. The van der Waals surface area contributed by atoms with Crippen LogP contribution < -0.4 is 9.47 Å². The van der Waals surface area contributed by atoms with E-state index >= 15 is 0 Å². The third-order valence-corrected chi connectivity index (χ3v) is 7.23. The third-order valence-electron chi connectivity index (χ3n) is 7.23. The third kappa shape index (κ3) is 5.01. The maximum absolute atomic E-state index is 13.7. The van der Waals surface area contributed by atoms with Gasteiger partial charge >= 0.3 is 6.03 Å². The van der Waals surface area contributed by atoms with E-state index < -0.39 is 5.54 Å². The highest BCUT2D eigenvalue weighted by Crippen LogP contribution is 2.39. The summed E-state index contributed by atoms with van der Waals surface area (Å²) in [4.78, 5) is 32.9. The molecule has 0 N–H and O–H groups in total. The first kappa shape index (κ1) is 25.0. The van der Waals surface area contributed by atoms with Gasteiger partial charge in [-0.25, -0.2) is 4.79 Å². The SMILES string of the molecule is COc1cccc(OC)c1CN1CCC2(CC1)C(=O)N(CC(C)C)C(=O)N2CCc1ccccc1. The van der Waals surface area contributed by atoms with Gasteiger partial charge in [0.15, 0.2) is 0 Å². The number of likely N-dealkylation sites (tertiary alicyclic amines) is 1. The number of hydrogen-bond donors (Lipinski definition) is 0. The van der Waals surface area contributed by atoms with Crippen LogP contribution in [0.5, 0.6) is 11.5 Å². The summed E-state index contributed by atoms with van der Waals surface area (Å²) in [6.45, 7) is 7.21. The van der Waals surface area contributed by atoms with Crippen LogP contribution in [0.3, 0.4) is 0 Å². The Morgan fingerprint density at radius 1 is 0.914 bits per heavy atom. The van der Waals surface area contributed by atoms with Gasteiger partial charge in [0, 0.05) is 32.7 Å². The second-order valence-electron chi connectivity index (χ2n) is 9.93. The van der Waals surface area contributed by atoms with Crippen molar-refractivity contribution in [3.05, 3.63) is 59.7 Å². The molecule has 0 saturated carbocycles. The Labute approximate surface area is 208 Å². The standard InChI is InChI=1S/C28H37N3O4/c1-21(2)19-30-26(32)28(31(27(30)33)16-13-22-9-6-5-7-10-22)14-17-29(18-15-28)20-23-24(34-3)11-8-12-25(23)35-4/h5-12,21H,13-20H2,1-4H3. The summed E-state index contributed by atoms with van der Waals surface area (Å²) < 4.78 is 11.2. The van der Waals surface area contributed by atoms with Crippen LogP contribution in [0.4, 0.5) is 4.79 Å². The van der Waals surface area contributed by atoms with Crippen molar-refractivity contribution in [1.29, 1.82) is 0 Å². The van der Waals surface area contributed by atoms with E-state index in [-0.39, 0.29) is 17.9 Å². The number of ether oxygens (including phenoxy) is 2. The van der Waals surface area contributed by atoms with Crippen molar-refractivity contribution in [1.82, 2.24) is 14.7 Å². The Balaban J connectivity index is 1.53. The fraction of sp³-hybridized carbons (Fsp3) is 0.500. The van der Waals surface area contributed by atoms with Gasteiger partial charge in [-0.2, -0.15) is 0 Å². The molecule has 2 aliphatic rings. The molecule has 2 heterocycles. The number of rotatable bonds is 9. The zero-order valence-electron chi connectivity index (χ0n) is 21.3. The van der Waals surface area contributed by atoms with Gasteiger partial charge in [0.2, 0.25) is 0 Å². The minimum Gasteiger partial charge on any atom is -0.496 e. The van der Waals surface area contributed by atoms with Gasteiger partial charge in [0.25, 0.3) is 5.91 Å². The van der Waals surface area contributed by atoms with Crippen molar-refractivity contribution in [3.8, 4) is 11.5 Å². The highest BCUT2D eigenvalue weighted by molar-refractivity contribution is 6.07. The second kappa shape index (κ2) is 10.7. The first-order valence-electron chi connectivity index (χ1n) is 12.5. The number of carbonyl (C=O) groups is 2. The van der Waals surface area contributed by atoms with Crippen molar-refractivity contribution in [2.45, 2.75) is 45.2 Å². The zero-order chi connectivity index (χ0) is 25.0. The molecular formula is C28H37N3O4. The molecule has 2 aromatic carbocycles. The first-order chi connectivity index (χ1) is 16.9. The van der Waals surface area contributed by atoms with E-state index in [0.29, 0.717) is 32.5 Å². The van der Waals surface area contributed by atoms with Crippen LogP contribution in [-0.4, -0.2) is 72.6 Å². The number of imide groups is 1. The fourth-order valence-corrected chi connectivity index (χ4v) is 5.38. The molecule has 2 fully saturated rings. The van der Waals surface area contributed by atoms with E-state index in [0.717, 1.165) is 36.6 Å². The van der Waals surface area contributed by atoms with E-state index in [4.69, 9.17) is 9.47 Å². The summed E-state index contributed by atoms with van der Waals surface area (Å²) in [5.41, 5.74) is 1.41. The molecule has 0 aromatic heterocycles. The lowest BCUT2D eigenvalue weighted by Gasteiger charge is -2.42. The van der Waals surface area contributed by atoms with Crippen LogP contribution >= 0.6 is 0 Å². The molecule has 0 unspecified atom stereocenters. The van der Waals surface area contributed by atoms with Crippen molar-refractivity contribution < 1.29 is 19.1 Å². The molecule has 35 heavy (non-hydrogen) atoms. The maximum Gasteiger partial charge on any atom is 0.327 e. The Kier molecular flexibility index (Phi) is 7.65. The number of piperidine rings is 1. The number of benzene rings is 2. The van der Waals surface area contributed by atoms with Gasteiger partial charge in [0.1, 0.15) is 17.0 Å². The van der Waals surface area contributed by atoms with Crippen molar-refractivity contribution in [2.75, 3.05) is 40.4 Å². The van der Waals surface area contributed by atoms with Crippen molar-refractivity contribution in [2.24, 2.45) is 5.92 Å². The Hall–Kier alpha value is -3.06. The molecule has 0 aliphatic carbocycles. The molecule has 188 valence electrons. The molecule has 3 amide bonds. The van der Waals surface area contributed by atoms with E-state index in [9.17, 15) is 9.59 Å². The number of nitrogens with zero attached hydrogens (tertiary/aromatic N) is 3. The lowest BCUT2D eigenvalue weighted by atomic mass is 9.85. The van der Waals surface area contributed by atoms with Gasteiger partial charge in [-0.05, 0) is 42.9 Å². The quantitative estimate of drug-likeness (QED) is 0.505. The average molecular weight is 480 g/mol. The molecule has 4 rings (SSSR count). The van der Waals surface area contributed by atoms with Crippen LogP contribution in [0, 0.1) is 5.92 Å². The zero-order valence-corrected chi connectivity index (χ0v) is 21.3. The van der Waals surface area contributed by atoms with Crippen LogP contribution in [-0.2, 0) is 17.8 Å². The average Bonchev–Trinajstić information content (AvgIpc) is 3.05. The molecule has 7 nitrogen and oxygen atoms in total. The minimum absolute atomic E-state index is 0.0289. The largest absolute Gasteiger partial charge is 0.496 e.